The predicted octanol–water partition coefficient (Wildman–Crippen LogP) is 2.95. The topological polar surface area (TPSA) is 20.3 Å². The molecule has 0 aromatic rings. The molecule has 2 nitrogen and oxygen atoms in total. The summed E-state index contributed by atoms with van der Waals surface area (Å²) in [6, 6.07) is 0.489. The van der Waals surface area contributed by atoms with Gasteiger partial charge in [0.05, 0.1) is 4.83 Å². The molecule has 3 heteroatoms. The average molecular weight is 262 g/mol. The number of amides is 1. The molecule has 0 saturated carbocycles. The van der Waals surface area contributed by atoms with Gasteiger partial charge < -0.3 is 4.90 Å². The molecule has 1 aliphatic heterocycles. The van der Waals surface area contributed by atoms with Gasteiger partial charge in [-0.2, -0.15) is 0 Å². The maximum Gasteiger partial charge on any atom is 0.236 e. The van der Waals surface area contributed by atoms with E-state index < -0.39 is 0 Å². The Morgan fingerprint density at radius 1 is 1.50 bits per heavy atom. The Hall–Kier alpha value is -0.0500. The first-order chi connectivity index (χ1) is 6.70. The summed E-state index contributed by atoms with van der Waals surface area (Å²) in [7, 11) is 0. The number of hydrogen-bond acceptors (Lipinski definition) is 1. The van der Waals surface area contributed by atoms with Crippen LogP contribution in [0.15, 0.2) is 0 Å². The number of hydrogen-bond donors (Lipinski definition) is 0. The molecule has 0 bridgehead atoms. The third-order valence-corrected chi connectivity index (χ3v) is 4.05. The number of carbonyl (C=O) groups excluding carboxylic acids is 1. The maximum atomic E-state index is 12.0. The van der Waals surface area contributed by atoms with Gasteiger partial charge in [-0.1, -0.05) is 29.8 Å². The number of likely N-dealkylation sites (tertiary alicyclic amines) is 1. The SMILES string of the molecule is CC[C@@H]1CCCCN1C(=O)[C@@H](Br)CC. The van der Waals surface area contributed by atoms with Crippen molar-refractivity contribution in [2.45, 2.75) is 56.8 Å². The standard InChI is InChI=1S/C11H20BrNO/c1-3-9-7-5-6-8-13(9)11(14)10(12)4-2/h9-10H,3-8H2,1-2H3/t9-,10+/m1/s1. The van der Waals surface area contributed by atoms with E-state index in [1.54, 1.807) is 0 Å². The number of piperidine rings is 1. The monoisotopic (exact) mass is 261 g/mol. The van der Waals surface area contributed by atoms with Gasteiger partial charge in [0.15, 0.2) is 0 Å². The van der Waals surface area contributed by atoms with E-state index in [2.05, 4.69) is 27.8 Å². The van der Waals surface area contributed by atoms with Crippen LogP contribution < -0.4 is 0 Å². The minimum atomic E-state index is 0.0228. The average Bonchev–Trinajstić information content (AvgIpc) is 2.26. The van der Waals surface area contributed by atoms with E-state index in [1.807, 2.05) is 6.92 Å². The quantitative estimate of drug-likeness (QED) is 0.716. The van der Waals surface area contributed by atoms with Crippen molar-refractivity contribution < 1.29 is 4.79 Å². The predicted molar refractivity (Wildman–Crippen MR) is 62.6 cm³/mol. The largest absolute Gasteiger partial charge is 0.339 e. The van der Waals surface area contributed by atoms with Gasteiger partial charge in [-0.25, -0.2) is 0 Å². The van der Waals surface area contributed by atoms with Gasteiger partial charge in [0, 0.05) is 12.6 Å². The summed E-state index contributed by atoms with van der Waals surface area (Å²) in [6.45, 7) is 5.17. The van der Waals surface area contributed by atoms with E-state index in [0.29, 0.717) is 11.9 Å². The molecular formula is C11H20BrNO. The fourth-order valence-electron chi connectivity index (χ4n) is 2.07. The molecule has 1 rings (SSSR count). The Morgan fingerprint density at radius 2 is 2.21 bits per heavy atom. The normalized spacial score (nSPS) is 24.8. The lowest BCUT2D eigenvalue weighted by Gasteiger charge is -2.36. The molecule has 2 atom stereocenters. The smallest absolute Gasteiger partial charge is 0.236 e. The highest BCUT2D eigenvalue weighted by molar-refractivity contribution is 9.10. The van der Waals surface area contributed by atoms with E-state index in [0.717, 1.165) is 19.4 Å². The summed E-state index contributed by atoms with van der Waals surface area (Å²) >= 11 is 3.44. The number of rotatable bonds is 3. The lowest BCUT2D eigenvalue weighted by atomic mass is 9.99. The first-order valence-electron chi connectivity index (χ1n) is 5.65. The summed E-state index contributed by atoms with van der Waals surface area (Å²) < 4.78 is 0. The van der Waals surface area contributed by atoms with Crippen LogP contribution in [0.4, 0.5) is 0 Å². The molecule has 0 aromatic heterocycles. The molecule has 1 saturated heterocycles. The lowest BCUT2D eigenvalue weighted by molar-refractivity contribution is -0.134. The zero-order valence-electron chi connectivity index (χ0n) is 9.13. The second-order valence-corrected chi connectivity index (χ2v) is 5.07. The highest BCUT2D eigenvalue weighted by atomic mass is 79.9. The van der Waals surface area contributed by atoms with E-state index in [4.69, 9.17) is 0 Å². The van der Waals surface area contributed by atoms with Gasteiger partial charge in [0.2, 0.25) is 5.91 Å². The van der Waals surface area contributed by atoms with Gasteiger partial charge in [0.1, 0.15) is 0 Å². The van der Waals surface area contributed by atoms with Crippen molar-refractivity contribution in [3.8, 4) is 0 Å². The van der Waals surface area contributed by atoms with Crippen LogP contribution in [0.2, 0.25) is 0 Å². The number of halogens is 1. The maximum absolute atomic E-state index is 12.0. The minimum Gasteiger partial charge on any atom is -0.339 e. The van der Waals surface area contributed by atoms with Crippen molar-refractivity contribution >= 4 is 21.8 Å². The van der Waals surface area contributed by atoms with Crippen LogP contribution in [0.3, 0.4) is 0 Å². The number of nitrogens with zero attached hydrogens (tertiary/aromatic N) is 1. The highest BCUT2D eigenvalue weighted by Crippen LogP contribution is 2.22. The fraction of sp³-hybridized carbons (Fsp3) is 0.909. The first kappa shape index (κ1) is 12.0. The van der Waals surface area contributed by atoms with E-state index in [1.165, 1.54) is 19.3 Å². The molecule has 1 aliphatic rings. The van der Waals surface area contributed by atoms with Crippen LogP contribution in [-0.4, -0.2) is 28.2 Å². The molecule has 0 spiro atoms. The number of alkyl halides is 1. The molecule has 1 amide bonds. The van der Waals surface area contributed by atoms with Gasteiger partial charge in [-0.3, -0.25) is 4.79 Å². The Kier molecular flexibility index (Phi) is 4.93. The Labute approximate surface area is 95.2 Å². The molecule has 0 unspecified atom stereocenters. The van der Waals surface area contributed by atoms with Crippen molar-refractivity contribution in [1.29, 1.82) is 0 Å². The van der Waals surface area contributed by atoms with Crippen LogP contribution in [0.5, 0.6) is 0 Å². The molecule has 14 heavy (non-hydrogen) atoms. The molecule has 1 heterocycles. The van der Waals surface area contributed by atoms with Crippen LogP contribution in [0.1, 0.15) is 46.0 Å². The third-order valence-electron chi connectivity index (χ3n) is 3.01. The first-order valence-corrected chi connectivity index (χ1v) is 6.56. The highest BCUT2D eigenvalue weighted by Gasteiger charge is 2.28. The fourth-order valence-corrected chi connectivity index (χ4v) is 2.33. The van der Waals surface area contributed by atoms with Crippen LogP contribution in [-0.2, 0) is 4.79 Å². The van der Waals surface area contributed by atoms with Gasteiger partial charge in [0.25, 0.3) is 0 Å². The summed E-state index contributed by atoms with van der Waals surface area (Å²) in [5.41, 5.74) is 0. The van der Waals surface area contributed by atoms with Crippen molar-refractivity contribution in [1.82, 2.24) is 4.90 Å². The summed E-state index contributed by atoms with van der Waals surface area (Å²) in [4.78, 5) is 14.1. The molecule has 0 aliphatic carbocycles. The molecule has 0 N–H and O–H groups in total. The van der Waals surface area contributed by atoms with E-state index >= 15 is 0 Å². The van der Waals surface area contributed by atoms with Crippen molar-refractivity contribution in [3.05, 3.63) is 0 Å². The zero-order valence-corrected chi connectivity index (χ0v) is 10.7. The van der Waals surface area contributed by atoms with Crippen molar-refractivity contribution in [3.63, 3.8) is 0 Å². The minimum absolute atomic E-state index is 0.0228. The molecule has 0 aromatic carbocycles. The van der Waals surface area contributed by atoms with Crippen LogP contribution in [0.25, 0.3) is 0 Å². The van der Waals surface area contributed by atoms with Crippen molar-refractivity contribution in [2.75, 3.05) is 6.54 Å². The Morgan fingerprint density at radius 3 is 2.79 bits per heavy atom. The molecule has 1 fully saturated rings. The molecule has 0 radical (unpaired) electrons. The Bertz CT molecular complexity index is 196. The van der Waals surface area contributed by atoms with E-state index in [-0.39, 0.29) is 4.83 Å². The summed E-state index contributed by atoms with van der Waals surface area (Å²) in [5.74, 6) is 0.291. The van der Waals surface area contributed by atoms with Gasteiger partial charge in [-0.15, -0.1) is 0 Å². The molecule has 82 valence electrons. The number of carbonyl (C=O) groups is 1. The van der Waals surface area contributed by atoms with Gasteiger partial charge >= 0.3 is 0 Å². The van der Waals surface area contributed by atoms with Crippen LogP contribution >= 0.6 is 15.9 Å². The summed E-state index contributed by atoms with van der Waals surface area (Å²) in [5, 5.41) is 0. The van der Waals surface area contributed by atoms with Crippen molar-refractivity contribution in [2.24, 2.45) is 0 Å². The van der Waals surface area contributed by atoms with Gasteiger partial charge in [-0.05, 0) is 32.1 Å². The van der Waals surface area contributed by atoms with E-state index in [9.17, 15) is 4.79 Å². The third kappa shape index (κ3) is 2.72. The molecular weight excluding hydrogens is 242 g/mol. The van der Waals surface area contributed by atoms with Crippen LogP contribution in [0, 0.1) is 0 Å². The zero-order chi connectivity index (χ0) is 10.6. The summed E-state index contributed by atoms with van der Waals surface area (Å²) in [6.07, 6.45) is 5.61. The second kappa shape index (κ2) is 5.74. The lowest BCUT2D eigenvalue weighted by Crippen LogP contribution is -2.46. The Balaban J connectivity index is 2.58. The second-order valence-electron chi connectivity index (χ2n) is 3.97.